The Hall–Kier alpha value is -3.07. The van der Waals surface area contributed by atoms with Gasteiger partial charge in [-0.2, -0.15) is 5.26 Å². The van der Waals surface area contributed by atoms with Gasteiger partial charge in [0.25, 0.3) is 0 Å². The summed E-state index contributed by atoms with van der Waals surface area (Å²) in [5.74, 6) is -1.81. The number of nitrogen functional groups attached to an aromatic ring is 1. The molecular formula is C14H10FN3O2. The van der Waals surface area contributed by atoms with Gasteiger partial charge in [0.2, 0.25) is 0 Å². The first-order valence-electron chi connectivity index (χ1n) is 5.61. The van der Waals surface area contributed by atoms with Crippen molar-refractivity contribution in [3.8, 4) is 6.07 Å². The molecule has 0 saturated heterocycles. The average Bonchev–Trinajstić information content (AvgIpc) is 2.42. The number of rotatable bonds is 3. The minimum absolute atomic E-state index is 0.0613. The number of nitriles is 1. The molecule has 0 amide bonds. The maximum Gasteiger partial charge on any atom is 0.337 e. The van der Waals surface area contributed by atoms with Crippen LogP contribution in [0.1, 0.15) is 15.9 Å². The summed E-state index contributed by atoms with van der Waals surface area (Å²) >= 11 is 0. The molecule has 6 heteroatoms. The van der Waals surface area contributed by atoms with Gasteiger partial charge in [-0.3, -0.25) is 0 Å². The van der Waals surface area contributed by atoms with Gasteiger partial charge in [-0.05, 0) is 36.4 Å². The second-order valence-corrected chi connectivity index (χ2v) is 4.04. The molecule has 0 aromatic heterocycles. The number of carboxylic acid groups (broad SMARTS) is 1. The molecule has 100 valence electrons. The SMILES string of the molecule is N#Cc1ccc(Nc2ccc(N)cc2C(=O)O)c(F)c1. The number of benzene rings is 2. The number of carbonyl (C=O) groups is 1. The lowest BCUT2D eigenvalue weighted by atomic mass is 10.1. The maximum absolute atomic E-state index is 13.7. The molecule has 2 aromatic rings. The van der Waals surface area contributed by atoms with Crippen molar-refractivity contribution < 1.29 is 14.3 Å². The molecule has 5 nitrogen and oxygen atoms in total. The van der Waals surface area contributed by atoms with E-state index in [2.05, 4.69) is 5.32 Å². The molecular weight excluding hydrogens is 261 g/mol. The predicted octanol–water partition coefficient (Wildman–Crippen LogP) is 2.72. The van der Waals surface area contributed by atoms with Crippen LogP contribution in [-0.4, -0.2) is 11.1 Å². The van der Waals surface area contributed by atoms with Crippen molar-refractivity contribution in [2.45, 2.75) is 0 Å². The summed E-state index contributed by atoms with van der Waals surface area (Å²) in [6.45, 7) is 0. The molecule has 0 aliphatic heterocycles. The van der Waals surface area contributed by atoms with Gasteiger partial charge in [0.1, 0.15) is 5.82 Å². The molecule has 0 aliphatic rings. The Morgan fingerprint density at radius 1 is 1.25 bits per heavy atom. The van der Waals surface area contributed by atoms with E-state index in [1.165, 1.54) is 30.3 Å². The van der Waals surface area contributed by atoms with Gasteiger partial charge in [0, 0.05) is 5.69 Å². The number of nitrogens with zero attached hydrogens (tertiary/aromatic N) is 1. The topological polar surface area (TPSA) is 99.1 Å². The molecule has 0 fully saturated rings. The number of nitrogens with two attached hydrogens (primary N) is 1. The van der Waals surface area contributed by atoms with Crippen LogP contribution in [0.15, 0.2) is 36.4 Å². The quantitative estimate of drug-likeness (QED) is 0.745. The van der Waals surface area contributed by atoms with E-state index in [4.69, 9.17) is 16.1 Å². The number of halogens is 1. The van der Waals surface area contributed by atoms with Crippen molar-refractivity contribution in [2.75, 3.05) is 11.1 Å². The van der Waals surface area contributed by atoms with Crippen molar-refractivity contribution in [3.05, 3.63) is 53.3 Å². The van der Waals surface area contributed by atoms with Gasteiger partial charge < -0.3 is 16.2 Å². The molecule has 0 atom stereocenters. The van der Waals surface area contributed by atoms with E-state index in [1.807, 2.05) is 6.07 Å². The van der Waals surface area contributed by atoms with E-state index in [9.17, 15) is 9.18 Å². The lowest BCUT2D eigenvalue weighted by Crippen LogP contribution is -2.04. The predicted molar refractivity (Wildman–Crippen MR) is 72.2 cm³/mol. The fourth-order valence-corrected chi connectivity index (χ4v) is 1.68. The summed E-state index contributed by atoms with van der Waals surface area (Å²) in [5, 5.41) is 20.4. The minimum Gasteiger partial charge on any atom is -0.478 e. The van der Waals surface area contributed by atoms with Crippen LogP contribution >= 0.6 is 0 Å². The van der Waals surface area contributed by atoms with Crippen LogP contribution in [-0.2, 0) is 0 Å². The van der Waals surface area contributed by atoms with Crippen LogP contribution in [0.5, 0.6) is 0 Å². The summed E-state index contributed by atoms with van der Waals surface area (Å²) in [5.41, 5.74) is 6.25. The summed E-state index contributed by atoms with van der Waals surface area (Å²) in [6, 6.07) is 9.94. The highest BCUT2D eigenvalue weighted by molar-refractivity contribution is 5.96. The van der Waals surface area contributed by atoms with Crippen molar-refractivity contribution in [2.24, 2.45) is 0 Å². The zero-order chi connectivity index (χ0) is 14.7. The van der Waals surface area contributed by atoms with Gasteiger partial charge >= 0.3 is 5.97 Å². The zero-order valence-electron chi connectivity index (χ0n) is 10.2. The number of anilines is 3. The van der Waals surface area contributed by atoms with E-state index in [-0.39, 0.29) is 22.5 Å². The van der Waals surface area contributed by atoms with Crippen LogP contribution in [0.3, 0.4) is 0 Å². The Kier molecular flexibility index (Phi) is 3.53. The summed E-state index contributed by atoms with van der Waals surface area (Å²) in [6.07, 6.45) is 0. The number of carboxylic acids is 1. The van der Waals surface area contributed by atoms with Gasteiger partial charge in [-0.25, -0.2) is 9.18 Å². The van der Waals surface area contributed by atoms with Gasteiger partial charge in [-0.15, -0.1) is 0 Å². The Balaban J connectivity index is 2.40. The normalized spacial score (nSPS) is 9.80. The Morgan fingerprint density at radius 2 is 1.95 bits per heavy atom. The summed E-state index contributed by atoms with van der Waals surface area (Å²) in [4.78, 5) is 11.1. The molecule has 0 spiro atoms. The van der Waals surface area contributed by atoms with Gasteiger partial charge in [0.15, 0.2) is 0 Å². The largest absolute Gasteiger partial charge is 0.478 e. The molecule has 0 bridgehead atoms. The Bertz CT molecular complexity index is 723. The molecule has 4 N–H and O–H groups in total. The number of nitrogens with one attached hydrogen (secondary N) is 1. The lowest BCUT2D eigenvalue weighted by molar-refractivity contribution is 0.0698. The highest BCUT2D eigenvalue weighted by atomic mass is 19.1. The van der Waals surface area contributed by atoms with Crippen LogP contribution in [0.25, 0.3) is 0 Å². The van der Waals surface area contributed by atoms with Gasteiger partial charge in [-0.1, -0.05) is 0 Å². The van der Waals surface area contributed by atoms with E-state index in [1.54, 1.807) is 0 Å². The lowest BCUT2D eigenvalue weighted by Gasteiger charge is -2.11. The number of aromatic carboxylic acids is 1. The van der Waals surface area contributed by atoms with Crippen molar-refractivity contribution >= 4 is 23.0 Å². The molecule has 20 heavy (non-hydrogen) atoms. The fourth-order valence-electron chi connectivity index (χ4n) is 1.68. The standard InChI is InChI=1S/C14H10FN3O2/c15-11-5-8(7-16)1-3-13(11)18-12-4-2-9(17)6-10(12)14(19)20/h1-6,18H,17H2,(H,19,20). The summed E-state index contributed by atoms with van der Waals surface area (Å²) < 4.78 is 13.7. The summed E-state index contributed by atoms with van der Waals surface area (Å²) in [7, 11) is 0. The molecule has 0 radical (unpaired) electrons. The molecule has 2 rings (SSSR count). The monoisotopic (exact) mass is 271 g/mol. The third kappa shape index (κ3) is 2.67. The first kappa shape index (κ1) is 13.4. The Morgan fingerprint density at radius 3 is 2.55 bits per heavy atom. The second-order valence-electron chi connectivity index (χ2n) is 4.04. The van der Waals surface area contributed by atoms with Crippen LogP contribution in [0, 0.1) is 17.1 Å². The highest BCUT2D eigenvalue weighted by Crippen LogP contribution is 2.25. The smallest absolute Gasteiger partial charge is 0.337 e. The number of hydrogen-bond donors (Lipinski definition) is 3. The molecule has 0 unspecified atom stereocenters. The van der Waals surface area contributed by atoms with Crippen molar-refractivity contribution in [1.29, 1.82) is 5.26 Å². The zero-order valence-corrected chi connectivity index (χ0v) is 10.2. The van der Waals surface area contributed by atoms with Crippen LogP contribution < -0.4 is 11.1 Å². The molecule has 0 heterocycles. The van der Waals surface area contributed by atoms with E-state index in [0.29, 0.717) is 5.69 Å². The van der Waals surface area contributed by atoms with Crippen LogP contribution in [0.4, 0.5) is 21.5 Å². The van der Waals surface area contributed by atoms with E-state index >= 15 is 0 Å². The molecule has 2 aromatic carbocycles. The third-order valence-corrected chi connectivity index (χ3v) is 2.64. The third-order valence-electron chi connectivity index (χ3n) is 2.64. The fraction of sp³-hybridized carbons (Fsp3) is 0. The Labute approximate surface area is 114 Å². The van der Waals surface area contributed by atoms with Gasteiger partial charge in [0.05, 0.1) is 28.6 Å². The van der Waals surface area contributed by atoms with Crippen LogP contribution in [0.2, 0.25) is 0 Å². The van der Waals surface area contributed by atoms with Crippen molar-refractivity contribution in [1.82, 2.24) is 0 Å². The van der Waals surface area contributed by atoms with Crippen molar-refractivity contribution in [3.63, 3.8) is 0 Å². The maximum atomic E-state index is 13.7. The average molecular weight is 271 g/mol. The first-order valence-corrected chi connectivity index (χ1v) is 5.61. The minimum atomic E-state index is -1.17. The second kappa shape index (κ2) is 5.28. The number of hydrogen-bond acceptors (Lipinski definition) is 4. The van der Waals surface area contributed by atoms with E-state index < -0.39 is 11.8 Å². The highest BCUT2D eigenvalue weighted by Gasteiger charge is 2.12. The molecule has 0 saturated carbocycles. The van der Waals surface area contributed by atoms with E-state index in [0.717, 1.165) is 6.07 Å². The first-order chi connectivity index (χ1) is 9.51. The molecule has 0 aliphatic carbocycles.